The second-order valence-electron chi connectivity index (χ2n) is 5.18. The van der Waals surface area contributed by atoms with E-state index in [1.807, 2.05) is 6.07 Å². The smallest absolute Gasteiger partial charge is 0.231 e. The zero-order valence-corrected chi connectivity index (χ0v) is 10.7. The highest BCUT2D eigenvalue weighted by atomic mass is 16.7. The molecule has 3 N–H and O–H groups in total. The Morgan fingerprint density at radius 2 is 2.16 bits per heavy atom. The molecule has 2 atom stereocenters. The lowest BCUT2D eigenvalue weighted by atomic mass is 10.00. The molecule has 5 heteroatoms. The normalized spacial score (nSPS) is 24.5. The van der Waals surface area contributed by atoms with Crippen LogP contribution in [0.25, 0.3) is 0 Å². The molecular formula is C14H18N2O3. The monoisotopic (exact) mass is 262 g/mol. The van der Waals surface area contributed by atoms with Crippen LogP contribution < -0.4 is 20.5 Å². The van der Waals surface area contributed by atoms with Crippen LogP contribution in [0.2, 0.25) is 0 Å². The van der Waals surface area contributed by atoms with E-state index >= 15 is 0 Å². The molecule has 5 nitrogen and oxygen atoms in total. The van der Waals surface area contributed by atoms with Crippen LogP contribution in [0.3, 0.4) is 0 Å². The molecule has 1 fully saturated rings. The van der Waals surface area contributed by atoms with Crippen molar-refractivity contribution in [3.05, 3.63) is 18.2 Å². The van der Waals surface area contributed by atoms with Gasteiger partial charge in [-0.2, -0.15) is 0 Å². The van der Waals surface area contributed by atoms with Gasteiger partial charge in [-0.25, -0.2) is 0 Å². The number of nitrogens with two attached hydrogens (primary N) is 1. The van der Waals surface area contributed by atoms with Crippen molar-refractivity contribution in [2.24, 2.45) is 11.7 Å². The fraction of sp³-hybridized carbons (Fsp3) is 0.500. The first-order valence-electron chi connectivity index (χ1n) is 6.67. The van der Waals surface area contributed by atoms with Gasteiger partial charge in [0, 0.05) is 24.2 Å². The van der Waals surface area contributed by atoms with Gasteiger partial charge in [0.05, 0.1) is 0 Å². The van der Waals surface area contributed by atoms with E-state index in [9.17, 15) is 4.79 Å². The summed E-state index contributed by atoms with van der Waals surface area (Å²) in [7, 11) is 0. The molecule has 0 spiro atoms. The maximum absolute atomic E-state index is 12.0. The third-order valence-electron chi connectivity index (χ3n) is 3.82. The van der Waals surface area contributed by atoms with Gasteiger partial charge in [0.1, 0.15) is 0 Å². The first-order valence-corrected chi connectivity index (χ1v) is 6.67. The average molecular weight is 262 g/mol. The van der Waals surface area contributed by atoms with E-state index in [1.165, 1.54) is 0 Å². The van der Waals surface area contributed by atoms with Gasteiger partial charge >= 0.3 is 0 Å². The van der Waals surface area contributed by atoms with Gasteiger partial charge in [-0.15, -0.1) is 0 Å². The van der Waals surface area contributed by atoms with Crippen molar-refractivity contribution in [2.75, 3.05) is 12.1 Å². The summed E-state index contributed by atoms with van der Waals surface area (Å²) >= 11 is 0. The SMILES string of the molecule is N[C@@H]1CCC[C@H]1CC(=O)Nc1ccc2c(c1)OCO2. The lowest BCUT2D eigenvalue weighted by Gasteiger charge is -2.14. The molecule has 1 saturated carbocycles. The molecule has 1 heterocycles. The lowest BCUT2D eigenvalue weighted by Crippen LogP contribution is -2.28. The van der Waals surface area contributed by atoms with Crippen molar-refractivity contribution in [3.8, 4) is 11.5 Å². The van der Waals surface area contributed by atoms with Crippen LogP contribution in [-0.2, 0) is 4.79 Å². The van der Waals surface area contributed by atoms with Crippen molar-refractivity contribution in [2.45, 2.75) is 31.7 Å². The number of hydrogen-bond donors (Lipinski definition) is 2. The van der Waals surface area contributed by atoms with E-state index in [0.717, 1.165) is 30.7 Å². The number of nitrogens with one attached hydrogen (secondary N) is 1. The Bertz CT molecular complexity index is 490. The van der Waals surface area contributed by atoms with Crippen LogP contribution >= 0.6 is 0 Å². The molecule has 0 unspecified atom stereocenters. The summed E-state index contributed by atoms with van der Waals surface area (Å²) in [6, 6.07) is 5.58. The highest BCUT2D eigenvalue weighted by molar-refractivity contribution is 5.91. The topological polar surface area (TPSA) is 73.6 Å². The number of hydrogen-bond acceptors (Lipinski definition) is 4. The van der Waals surface area contributed by atoms with Crippen LogP contribution in [0.5, 0.6) is 11.5 Å². The number of anilines is 1. The molecular weight excluding hydrogens is 244 g/mol. The van der Waals surface area contributed by atoms with E-state index in [2.05, 4.69) is 5.32 Å². The Morgan fingerprint density at radius 3 is 2.95 bits per heavy atom. The molecule has 1 aromatic rings. The number of rotatable bonds is 3. The average Bonchev–Trinajstić information content (AvgIpc) is 2.98. The molecule has 3 rings (SSSR count). The second-order valence-corrected chi connectivity index (χ2v) is 5.18. The van der Waals surface area contributed by atoms with Crippen molar-refractivity contribution < 1.29 is 14.3 Å². The number of carbonyl (C=O) groups is 1. The molecule has 0 saturated heterocycles. The molecule has 0 aromatic heterocycles. The minimum Gasteiger partial charge on any atom is -0.454 e. The largest absolute Gasteiger partial charge is 0.454 e. The quantitative estimate of drug-likeness (QED) is 0.872. The van der Waals surface area contributed by atoms with Crippen LogP contribution in [-0.4, -0.2) is 18.7 Å². The Morgan fingerprint density at radius 1 is 1.32 bits per heavy atom. The van der Waals surface area contributed by atoms with Gasteiger partial charge in [0.25, 0.3) is 0 Å². The predicted octanol–water partition coefficient (Wildman–Crippen LogP) is 1.87. The molecule has 1 aliphatic carbocycles. The minimum atomic E-state index is 0.0150. The third-order valence-corrected chi connectivity index (χ3v) is 3.82. The zero-order valence-electron chi connectivity index (χ0n) is 10.7. The number of amides is 1. The van der Waals surface area contributed by atoms with Crippen molar-refractivity contribution in [1.82, 2.24) is 0 Å². The van der Waals surface area contributed by atoms with E-state index < -0.39 is 0 Å². The first kappa shape index (κ1) is 12.3. The lowest BCUT2D eigenvalue weighted by molar-refractivity contribution is -0.117. The van der Waals surface area contributed by atoms with Crippen LogP contribution in [0.15, 0.2) is 18.2 Å². The molecule has 2 aliphatic rings. The molecule has 19 heavy (non-hydrogen) atoms. The summed E-state index contributed by atoms with van der Waals surface area (Å²) < 4.78 is 10.5. The van der Waals surface area contributed by atoms with E-state index in [1.54, 1.807) is 12.1 Å². The molecule has 102 valence electrons. The number of fused-ring (bicyclic) bond motifs is 1. The number of carbonyl (C=O) groups excluding carboxylic acids is 1. The highest BCUT2D eigenvalue weighted by Gasteiger charge is 2.26. The Hall–Kier alpha value is -1.75. The van der Waals surface area contributed by atoms with Gasteiger partial charge in [-0.3, -0.25) is 4.79 Å². The summed E-state index contributed by atoms with van der Waals surface area (Å²) in [5, 5.41) is 2.89. The maximum Gasteiger partial charge on any atom is 0.231 e. The summed E-state index contributed by atoms with van der Waals surface area (Å²) in [5.74, 6) is 1.72. The van der Waals surface area contributed by atoms with Crippen molar-refractivity contribution >= 4 is 11.6 Å². The van der Waals surface area contributed by atoms with E-state index in [-0.39, 0.29) is 18.7 Å². The minimum absolute atomic E-state index is 0.0150. The van der Waals surface area contributed by atoms with Gasteiger partial charge in [-0.1, -0.05) is 6.42 Å². The number of benzene rings is 1. The second kappa shape index (κ2) is 5.09. The molecule has 1 aromatic carbocycles. The summed E-state index contributed by atoms with van der Waals surface area (Å²) in [5.41, 5.74) is 6.71. The van der Waals surface area contributed by atoms with Crippen molar-refractivity contribution in [1.29, 1.82) is 0 Å². The first-order chi connectivity index (χ1) is 9.22. The zero-order chi connectivity index (χ0) is 13.2. The third kappa shape index (κ3) is 2.66. The van der Waals surface area contributed by atoms with Gasteiger partial charge in [0.2, 0.25) is 12.7 Å². The fourth-order valence-electron chi connectivity index (χ4n) is 2.74. The molecule has 1 amide bonds. The summed E-state index contributed by atoms with van der Waals surface area (Å²) in [6.45, 7) is 0.240. The van der Waals surface area contributed by atoms with Crippen molar-refractivity contribution in [3.63, 3.8) is 0 Å². The Balaban J connectivity index is 1.60. The summed E-state index contributed by atoms with van der Waals surface area (Å²) in [6.07, 6.45) is 3.70. The van der Waals surface area contributed by atoms with Crippen LogP contribution in [0.1, 0.15) is 25.7 Å². The van der Waals surface area contributed by atoms with E-state index in [0.29, 0.717) is 18.1 Å². The molecule has 1 aliphatic heterocycles. The van der Waals surface area contributed by atoms with E-state index in [4.69, 9.17) is 15.2 Å². The predicted molar refractivity (Wildman–Crippen MR) is 71.1 cm³/mol. The highest BCUT2D eigenvalue weighted by Crippen LogP contribution is 2.34. The summed E-state index contributed by atoms with van der Waals surface area (Å²) in [4.78, 5) is 12.0. The fourth-order valence-corrected chi connectivity index (χ4v) is 2.74. The van der Waals surface area contributed by atoms with Gasteiger partial charge in [-0.05, 0) is 30.9 Å². The number of ether oxygens (including phenoxy) is 2. The molecule has 0 bridgehead atoms. The molecule has 0 radical (unpaired) electrons. The maximum atomic E-state index is 12.0. The standard InChI is InChI=1S/C14H18N2O3/c15-11-3-1-2-9(11)6-14(17)16-10-4-5-12-13(7-10)19-8-18-12/h4-5,7,9,11H,1-3,6,8,15H2,(H,16,17)/t9-,11+/m0/s1. The van der Waals surface area contributed by atoms with Crippen LogP contribution in [0, 0.1) is 5.92 Å². The Labute approximate surface area is 112 Å². The Kier molecular flexibility index (Phi) is 3.29. The van der Waals surface area contributed by atoms with Crippen LogP contribution in [0.4, 0.5) is 5.69 Å². The van der Waals surface area contributed by atoms with Gasteiger partial charge in [0.15, 0.2) is 11.5 Å². The van der Waals surface area contributed by atoms with Gasteiger partial charge < -0.3 is 20.5 Å².